The van der Waals surface area contributed by atoms with Crippen LogP contribution in [0.5, 0.6) is 0 Å². The van der Waals surface area contributed by atoms with Crippen molar-refractivity contribution in [2.75, 3.05) is 5.32 Å². The van der Waals surface area contributed by atoms with Crippen LogP contribution in [0.25, 0.3) is 0 Å². The van der Waals surface area contributed by atoms with E-state index in [9.17, 15) is 0 Å². The summed E-state index contributed by atoms with van der Waals surface area (Å²) in [6.07, 6.45) is 4.56. The lowest BCUT2D eigenvalue weighted by Crippen LogP contribution is -2.16. The highest BCUT2D eigenvalue weighted by Crippen LogP contribution is 2.29. The molecule has 21 heavy (non-hydrogen) atoms. The second-order valence-electron chi connectivity index (χ2n) is 5.86. The Balaban J connectivity index is 1.93. The van der Waals surface area contributed by atoms with Crippen LogP contribution < -0.4 is 5.32 Å². The third kappa shape index (κ3) is 2.64. The van der Waals surface area contributed by atoms with Crippen molar-refractivity contribution in [2.24, 2.45) is 0 Å². The molecule has 3 rings (SSSR count). The highest BCUT2D eigenvalue weighted by atomic mass is 16.5. The number of hydrogen-bond donors (Lipinski definition) is 1. The summed E-state index contributed by atoms with van der Waals surface area (Å²) in [5.41, 5.74) is 4.55. The Morgan fingerprint density at radius 3 is 2.57 bits per heavy atom. The van der Waals surface area contributed by atoms with Gasteiger partial charge in [-0.25, -0.2) is 9.97 Å². The van der Waals surface area contributed by atoms with E-state index in [2.05, 4.69) is 27.4 Å². The molecule has 0 saturated heterocycles. The van der Waals surface area contributed by atoms with E-state index in [1.807, 2.05) is 20.8 Å². The third-order valence-electron chi connectivity index (χ3n) is 4.17. The Kier molecular flexibility index (Phi) is 3.66. The molecule has 2 aromatic heterocycles. The molecule has 2 heterocycles. The zero-order chi connectivity index (χ0) is 15.0. The van der Waals surface area contributed by atoms with Crippen LogP contribution >= 0.6 is 0 Å². The minimum absolute atomic E-state index is 0.122. The highest BCUT2D eigenvalue weighted by Gasteiger charge is 2.21. The van der Waals surface area contributed by atoms with Gasteiger partial charge in [0.15, 0.2) is 0 Å². The van der Waals surface area contributed by atoms with Gasteiger partial charge in [0, 0.05) is 16.8 Å². The molecule has 0 amide bonds. The summed E-state index contributed by atoms with van der Waals surface area (Å²) < 4.78 is 5.27. The molecule has 0 fully saturated rings. The number of hydrogen-bond acceptors (Lipinski definition) is 5. The molecule has 1 aliphatic carbocycles. The molecular formula is C16H22N4O. The monoisotopic (exact) mass is 286 g/mol. The molecule has 1 atom stereocenters. The SMILES string of the molecule is Cc1nc2c(c(NC(C)c3c(C)noc3C)n1)CCCC2. The number of anilines is 1. The largest absolute Gasteiger partial charge is 0.363 e. The van der Waals surface area contributed by atoms with Gasteiger partial charge in [-0.15, -0.1) is 0 Å². The van der Waals surface area contributed by atoms with Crippen LogP contribution in [-0.2, 0) is 12.8 Å². The second-order valence-corrected chi connectivity index (χ2v) is 5.86. The van der Waals surface area contributed by atoms with E-state index >= 15 is 0 Å². The van der Waals surface area contributed by atoms with E-state index in [1.165, 1.54) is 24.1 Å². The Labute approximate surface area is 125 Å². The van der Waals surface area contributed by atoms with Crippen molar-refractivity contribution in [3.05, 3.63) is 34.1 Å². The average Bonchev–Trinajstić information content (AvgIpc) is 2.78. The zero-order valence-electron chi connectivity index (χ0n) is 13.2. The molecule has 1 unspecified atom stereocenters. The molecule has 1 N–H and O–H groups in total. The number of rotatable bonds is 3. The standard InChI is InChI=1S/C16H22N4O/c1-9(15-10(2)20-21-11(15)3)17-16-13-7-5-6-8-14(13)18-12(4)19-16/h9H,5-8H2,1-4H3,(H,17,18,19). The van der Waals surface area contributed by atoms with E-state index in [0.717, 1.165) is 41.5 Å². The third-order valence-corrected chi connectivity index (χ3v) is 4.17. The highest BCUT2D eigenvalue weighted by molar-refractivity contribution is 5.50. The quantitative estimate of drug-likeness (QED) is 0.936. The molecule has 0 bridgehead atoms. The fourth-order valence-electron chi connectivity index (χ4n) is 3.22. The summed E-state index contributed by atoms with van der Waals surface area (Å²) in [4.78, 5) is 9.22. The zero-order valence-corrected chi connectivity index (χ0v) is 13.2. The first-order chi connectivity index (χ1) is 10.1. The van der Waals surface area contributed by atoms with Gasteiger partial charge in [0.05, 0.1) is 11.7 Å². The van der Waals surface area contributed by atoms with E-state index in [0.29, 0.717) is 0 Å². The molecule has 5 heteroatoms. The summed E-state index contributed by atoms with van der Waals surface area (Å²) >= 11 is 0. The van der Waals surface area contributed by atoms with Gasteiger partial charge in [-0.2, -0.15) is 0 Å². The molecule has 0 aromatic carbocycles. The van der Waals surface area contributed by atoms with Crippen molar-refractivity contribution in [1.29, 1.82) is 0 Å². The first-order valence-corrected chi connectivity index (χ1v) is 7.62. The number of nitrogens with one attached hydrogen (secondary N) is 1. The normalized spacial score (nSPS) is 15.6. The van der Waals surface area contributed by atoms with Crippen molar-refractivity contribution < 1.29 is 4.52 Å². The number of fused-ring (bicyclic) bond motifs is 1. The van der Waals surface area contributed by atoms with Crippen LogP contribution in [0.2, 0.25) is 0 Å². The second kappa shape index (κ2) is 5.47. The maximum Gasteiger partial charge on any atom is 0.139 e. The Bertz CT molecular complexity index is 643. The van der Waals surface area contributed by atoms with Crippen LogP contribution in [0.4, 0.5) is 5.82 Å². The summed E-state index contributed by atoms with van der Waals surface area (Å²) in [5, 5.41) is 7.58. The molecule has 5 nitrogen and oxygen atoms in total. The molecule has 0 spiro atoms. The predicted octanol–water partition coefficient (Wildman–Crippen LogP) is 3.44. The van der Waals surface area contributed by atoms with Crippen LogP contribution in [0, 0.1) is 20.8 Å². The van der Waals surface area contributed by atoms with Crippen molar-refractivity contribution in [3.8, 4) is 0 Å². The minimum atomic E-state index is 0.122. The molecular weight excluding hydrogens is 264 g/mol. The van der Waals surface area contributed by atoms with Gasteiger partial charge < -0.3 is 9.84 Å². The molecule has 0 aliphatic heterocycles. The van der Waals surface area contributed by atoms with Gasteiger partial charge in [-0.3, -0.25) is 0 Å². The van der Waals surface area contributed by atoms with Crippen molar-refractivity contribution in [1.82, 2.24) is 15.1 Å². The van der Waals surface area contributed by atoms with Crippen LogP contribution in [-0.4, -0.2) is 15.1 Å². The van der Waals surface area contributed by atoms with Crippen LogP contribution in [0.3, 0.4) is 0 Å². The summed E-state index contributed by atoms with van der Waals surface area (Å²) in [7, 11) is 0. The number of nitrogens with zero attached hydrogens (tertiary/aromatic N) is 3. The Morgan fingerprint density at radius 2 is 1.86 bits per heavy atom. The van der Waals surface area contributed by atoms with E-state index in [1.54, 1.807) is 0 Å². The number of aryl methyl sites for hydroxylation is 4. The van der Waals surface area contributed by atoms with E-state index in [-0.39, 0.29) is 6.04 Å². The lowest BCUT2D eigenvalue weighted by atomic mass is 9.96. The first-order valence-electron chi connectivity index (χ1n) is 7.62. The first kappa shape index (κ1) is 14.0. The lowest BCUT2D eigenvalue weighted by molar-refractivity contribution is 0.392. The van der Waals surface area contributed by atoms with Gasteiger partial charge >= 0.3 is 0 Å². The smallest absolute Gasteiger partial charge is 0.139 e. The molecule has 2 aromatic rings. The summed E-state index contributed by atoms with van der Waals surface area (Å²) in [5.74, 6) is 2.68. The van der Waals surface area contributed by atoms with Crippen LogP contribution in [0.1, 0.15) is 59.9 Å². The summed E-state index contributed by atoms with van der Waals surface area (Å²) in [6, 6.07) is 0.122. The van der Waals surface area contributed by atoms with Gasteiger partial charge in [0.1, 0.15) is 17.4 Å². The topological polar surface area (TPSA) is 63.8 Å². The maximum atomic E-state index is 5.27. The Hall–Kier alpha value is -1.91. The molecule has 0 saturated carbocycles. The van der Waals surface area contributed by atoms with Crippen LogP contribution in [0.15, 0.2) is 4.52 Å². The van der Waals surface area contributed by atoms with Crippen molar-refractivity contribution >= 4 is 5.82 Å². The molecule has 112 valence electrons. The van der Waals surface area contributed by atoms with Gasteiger partial charge in [-0.1, -0.05) is 5.16 Å². The fourth-order valence-corrected chi connectivity index (χ4v) is 3.22. The van der Waals surface area contributed by atoms with Crippen molar-refractivity contribution in [3.63, 3.8) is 0 Å². The van der Waals surface area contributed by atoms with Gasteiger partial charge in [-0.05, 0) is 53.4 Å². The lowest BCUT2D eigenvalue weighted by Gasteiger charge is -2.22. The molecule has 0 radical (unpaired) electrons. The molecule has 1 aliphatic rings. The predicted molar refractivity (Wildman–Crippen MR) is 81.4 cm³/mol. The number of aromatic nitrogens is 3. The van der Waals surface area contributed by atoms with E-state index in [4.69, 9.17) is 4.52 Å². The average molecular weight is 286 g/mol. The minimum Gasteiger partial charge on any atom is -0.363 e. The van der Waals surface area contributed by atoms with Gasteiger partial charge in [0.2, 0.25) is 0 Å². The Morgan fingerprint density at radius 1 is 1.10 bits per heavy atom. The maximum absolute atomic E-state index is 5.27. The van der Waals surface area contributed by atoms with Crippen molar-refractivity contribution in [2.45, 2.75) is 59.4 Å². The van der Waals surface area contributed by atoms with E-state index < -0.39 is 0 Å². The van der Waals surface area contributed by atoms with Gasteiger partial charge in [0.25, 0.3) is 0 Å². The summed E-state index contributed by atoms with van der Waals surface area (Å²) in [6.45, 7) is 8.01. The fraction of sp³-hybridized carbons (Fsp3) is 0.562.